The summed E-state index contributed by atoms with van der Waals surface area (Å²) >= 11 is 13.6. The van der Waals surface area contributed by atoms with E-state index in [0.29, 0.717) is 48.2 Å². The van der Waals surface area contributed by atoms with Crippen molar-refractivity contribution in [3.8, 4) is 0 Å². The van der Waals surface area contributed by atoms with Gasteiger partial charge < -0.3 is 15.5 Å². The van der Waals surface area contributed by atoms with E-state index in [1.807, 2.05) is 6.26 Å². The van der Waals surface area contributed by atoms with E-state index in [-0.39, 0.29) is 11.8 Å². The van der Waals surface area contributed by atoms with E-state index in [2.05, 4.69) is 0 Å². The summed E-state index contributed by atoms with van der Waals surface area (Å²) in [7, 11) is 0. The van der Waals surface area contributed by atoms with E-state index < -0.39 is 6.04 Å². The van der Waals surface area contributed by atoms with Gasteiger partial charge in [-0.15, -0.1) is 0 Å². The third-order valence-electron chi connectivity index (χ3n) is 3.99. The summed E-state index contributed by atoms with van der Waals surface area (Å²) in [6.45, 7) is 1.92. The minimum absolute atomic E-state index is 0.0410. The van der Waals surface area contributed by atoms with Gasteiger partial charge in [0.25, 0.3) is 5.91 Å². The highest BCUT2D eigenvalue weighted by Gasteiger charge is 2.28. The highest BCUT2D eigenvalue weighted by Crippen LogP contribution is 2.23. The Bertz CT molecular complexity index is 607. The Hall–Kier alpha value is -0.950. The van der Waals surface area contributed by atoms with Crippen LogP contribution >= 0.6 is 35.0 Å². The van der Waals surface area contributed by atoms with Crippen molar-refractivity contribution in [2.75, 3.05) is 38.2 Å². The molecule has 2 amide bonds. The third-order valence-corrected chi connectivity index (χ3v) is 5.18. The molecular weight excluding hydrogens is 369 g/mol. The zero-order valence-corrected chi connectivity index (χ0v) is 15.8. The second-order valence-corrected chi connectivity index (χ2v) is 7.46. The van der Waals surface area contributed by atoms with Gasteiger partial charge in [0.15, 0.2) is 0 Å². The maximum absolute atomic E-state index is 12.6. The SMILES string of the molecule is CSCC[C@H](N)C(=O)N1CCN(C(=O)c2ccc(Cl)cc2Cl)CC1. The number of nitrogens with two attached hydrogens (primary N) is 1. The molecule has 1 fully saturated rings. The van der Waals surface area contributed by atoms with E-state index in [0.717, 1.165) is 5.75 Å². The molecule has 1 aliphatic heterocycles. The van der Waals surface area contributed by atoms with Crippen molar-refractivity contribution in [1.29, 1.82) is 0 Å². The van der Waals surface area contributed by atoms with Crippen molar-refractivity contribution >= 4 is 46.8 Å². The van der Waals surface area contributed by atoms with Gasteiger partial charge in [0, 0.05) is 31.2 Å². The molecule has 24 heavy (non-hydrogen) atoms. The van der Waals surface area contributed by atoms with Gasteiger partial charge >= 0.3 is 0 Å². The normalized spacial score (nSPS) is 16.2. The summed E-state index contributed by atoms with van der Waals surface area (Å²) in [5, 5.41) is 0.830. The van der Waals surface area contributed by atoms with Crippen LogP contribution in [-0.2, 0) is 4.79 Å². The Morgan fingerprint density at radius 3 is 2.42 bits per heavy atom. The van der Waals surface area contributed by atoms with Crippen LogP contribution in [0.2, 0.25) is 10.0 Å². The molecule has 132 valence electrons. The Morgan fingerprint density at radius 2 is 1.83 bits per heavy atom. The molecule has 0 saturated carbocycles. The zero-order chi connectivity index (χ0) is 17.7. The summed E-state index contributed by atoms with van der Waals surface area (Å²) in [6.07, 6.45) is 2.66. The summed E-state index contributed by atoms with van der Waals surface area (Å²) < 4.78 is 0. The molecule has 5 nitrogen and oxygen atoms in total. The van der Waals surface area contributed by atoms with Gasteiger partial charge in [-0.1, -0.05) is 23.2 Å². The molecule has 0 aliphatic carbocycles. The third kappa shape index (κ3) is 4.79. The van der Waals surface area contributed by atoms with Gasteiger partial charge in [-0.25, -0.2) is 0 Å². The van der Waals surface area contributed by atoms with Gasteiger partial charge in [-0.3, -0.25) is 9.59 Å². The van der Waals surface area contributed by atoms with Gasteiger partial charge in [-0.05, 0) is 36.6 Å². The average Bonchev–Trinajstić information content (AvgIpc) is 2.58. The van der Waals surface area contributed by atoms with Crippen molar-refractivity contribution in [3.63, 3.8) is 0 Å². The van der Waals surface area contributed by atoms with Gasteiger partial charge in [0.2, 0.25) is 5.91 Å². The van der Waals surface area contributed by atoms with Crippen molar-refractivity contribution in [2.24, 2.45) is 5.73 Å². The number of rotatable bonds is 5. The molecular formula is C16H21Cl2N3O2S. The molecule has 0 radical (unpaired) electrons. The van der Waals surface area contributed by atoms with Crippen LogP contribution in [-0.4, -0.2) is 65.8 Å². The number of hydrogen-bond acceptors (Lipinski definition) is 4. The van der Waals surface area contributed by atoms with Crippen LogP contribution in [0.1, 0.15) is 16.8 Å². The van der Waals surface area contributed by atoms with Crippen molar-refractivity contribution in [2.45, 2.75) is 12.5 Å². The van der Waals surface area contributed by atoms with Crippen LogP contribution in [0.3, 0.4) is 0 Å². The van der Waals surface area contributed by atoms with E-state index >= 15 is 0 Å². The second-order valence-electron chi connectivity index (χ2n) is 5.63. The molecule has 0 unspecified atom stereocenters. The molecule has 1 aliphatic rings. The Balaban J connectivity index is 1.92. The number of carbonyl (C=O) groups excluding carboxylic acids is 2. The fourth-order valence-corrected chi connectivity index (χ4v) is 3.54. The summed E-state index contributed by atoms with van der Waals surface area (Å²) in [4.78, 5) is 28.3. The van der Waals surface area contributed by atoms with Gasteiger partial charge in [-0.2, -0.15) is 11.8 Å². The smallest absolute Gasteiger partial charge is 0.255 e. The van der Waals surface area contributed by atoms with Gasteiger partial charge in [0.1, 0.15) is 0 Å². The first kappa shape index (κ1) is 19.4. The number of piperazine rings is 1. The molecule has 1 heterocycles. The first-order valence-corrected chi connectivity index (χ1v) is 9.86. The van der Waals surface area contributed by atoms with E-state index in [1.165, 1.54) is 0 Å². The lowest BCUT2D eigenvalue weighted by molar-refractivity contribution is -0.134. The number of halogens is 2. The number of nitrogens with zero attached hydrogens (tertiary/aromatic N) is 2. The summed E-state index contributed by atoms with van der Waals surface area (Å²) in [6, 6.07) is 4.36. The van der Waals surface area contributed by atoms with Crippen molar-refractivity contribution < 1.29 is 9.59 Å². The molecule has 0 bridgehead atoms. The fourth-order valence-electron chi connectivity index (χ4n) is 2.57. The molecule has 8 heteroatoms. The number of benzene rings is 1. The van der Waals surface area contributed by atoms with E-state index in [1.54, 1.807) is 39.8 Å². The van der Waals surface area contributed by atoms with E-state index in [4.69, 9.17) is 28.9 Å². The Morgan fingerprint density at radius 1 is 1.21 bits per heavy atom. The number of carbonyl (C=O) groups is 2. The Kier molecular flexibility index (Phi) is 7.22. The largest absolute Gasteiger partial charge is 0.338 e. The molecule has 0 spiro atoms. The number of thioether (sulfide) groups is 1. The average molecular weight is 390 g/mol. The molecule has 0 aromatic heterocycles. The minimum atomic E-state index is -0.467. The minimum Gasteiger partial charge on any atom is -0.338 e. The predicted octanol–water partition coefficient (Wildman–Crippen LogP) is 2.36. The second kappa shape index (κ2) is 8.94. The fraction of sp³-hybridized carbons (Fsp3) is 0.500. The Labute approximate surface area is 156 Å². The van der Waals surface area contributed by atoms with Crippen LogP contribution in [0.5, 0.6) is 0 Å². The molecule has 1 aromatic rings. The quantitative estimate of drug-likeness (QED) is 0.838. The lowest BCUT2D eigenvalue weighted by atomic mass is 10.1. The summed E-state index contributed by atoms with van der Waals surface area (Å²) in [5.74, 6) is 0.677. The number of hydrogen-bond donors (Lipinski definition) is 1. The molecule has 2 N–H and O–H groups in total. The lowest BCUT2D eigenvalue weighted by Gasteiger charge is -2.36. The standard InChI is InChI=1S/C16H21Cl2N3O2S/c1-24-9-4-14(19)16(23)21-7-5-20(6-8-21)15(22)12-3-2-11(17)10-13(12)18/h2-3,10,14H,4-9,19H2,1H3/t14-/m0/s1. The van der Waals surface area contributed by atoms with Gasteiger partial charge in [0.05, 0.1) is 16.6 Å². The van der Waals surface area contributed by atoms with Crippen LogP contribution in [0.4, 0.5) is 0 Å². The zero-order valence-electron chi connectivity index (χ0n) is 13.5. The maximum Gasteiger partial charge on any atom is 0.255 e. The first-order chi connectivity index (χ1) is 11.4. The van der Waals surface area contributed by atoms with E-state index in [9.17, 15) is 9.59 Å². The topological polar surface area (TPSA) is 66.6 Å². The predicted molar refractivity (Wildman–Crippen MR) is 99.9 cm³/mol. The van der Waals surface area contributed by atoms with Crippen LogP contribution in [0.15, 0.2) is 18.2 Å². The molecule has 2 rings (SSSR count). The first-order valence-electron chi connectivity index (χ1n) is 7.71. The lowest BCUT2D eigenvalue weighted by Crippen LogP contribution is -2.54. The highest BCUT2D eigenvalue weighted by atomic mass is 35.5. The number of amides is 2. The molecule has 1 saturated heterocycles. The van der Waals surface area contributed by atoms with Crippen LogP contribution in [0.25, 0.3) is 0 Å². The van der Waals surface area contributed by atoms with Crippen LogP contribution < -0.4 is 5.73 Å². The highest BCUT2D eigenvalue weighted by molar-refractivity contribution is 7.98. The monoisotopic (exact) mass is 389 g/mol. The van der Waals surface area contributed by atoms with Crippen molar-refractivity contribution in [1.82, 2.24) is 9.80 Å². The molecule has 1 atom stereocenters. The van der Waals surface area contributed by atoms with Crippen molar-refractivity contribution in [3.05, 3.63) is 33.8 Å². The van der Waals surface area contributed by atoms with Crippen LogP contribution in [0, 0.1) is 0 Å². The maximum atomic E-state index is 12.6. The summed E-state index contributed by atoms with van der Waals surface area (Å²) in [5.41, 5.74) is 6.37. The molecule has 1 aromatic carbocycles.